The van der Waals surface area contributed by atoms with E-state index in [1.54, 1.807) is 0 Å². The maximum Gasteiger partial charge on any atom is 4.00 e. The number of halogens is 2. The molecule has 0 radical (unpaired) electrons. The standard InChI is InChI=1S/C13H14.2ClH.Ti/c1-13(2,11-7-3-4-8-11)12-9-5-6-10-12;;;/h3,5,7,9H,4,6H2,1-2H3;2*1H;/q-2;;;+4/p-2. The summed E-state index contributed by atoms with van der Waals surface area (Å²) in [6, 6.07) is 0. The summed E-state index contributed by atoms with van der Waals surface area (Å²) in [6.45, 7) is 4.48. The summed E-state index contributed by atoms with van der Waals surface area (Å²) in [4.78, 5) is 0. The average molecular weight is 289 g/mol. The maximum atomic E-state index is 3.38. The monoisotopic (exact) mass is 288 g/mol. The normalized spacial score (nSPS) is 16.9. The first-order chi connectivity index (χ1) is 6.21. The van der Waals surface area contributed by atoms with Crippen molar-refractivity contribution in [2.45, 2.75) is 26.7 Å². The molecular formula is C13H14Cl2Ti. The van der Waals surface area contributed by atoms with Crippen molar-refractivity contribution in [1.82, 2.24) is 0 Å². The largest absolute Gasteiger partial charge is 4.00 e. The molecule has 84 valence electrons. The zero-order valence-electron chi connectivity index (χ0n) is 9.48. The van der Waals surface area contributed by atoms with Crippen LogP contribution in [-0.4, -0.2) is 0 Å². The molecule has 2 rings (SSSR count). The quantitative estimate of drug-likeness (QED) is 0.386. The summed E-state index contributed by atoms with van der Waals surface area (Å²) < 4.78 is 0. The summed E-state index contributed by atoms with van der Waals surface area (Å²) >= 11 is 0. The topological polar surface area (TPSA) is 0 Å². The number of hydrogen-bond donors (Lipinski definition) is 0. The van der Waals surface area contributed by atoms with Gasteiger partial charge in [-0.2, -0.15) is 12.2 Å². The molecule has 0 unspecified atom stereocenters. The molecule has 0 aromatic heterocycles. The molecule has 0 bridgehead atoms. The number of rotatable bonds is 2. The Kier molecular flexibility index (Phi) is 8.79. The third-order valence-electron chi connectivity index (χ3n) is 2.74. The molecule has 2 aliphatic carbocycles. The van der Waals surface area contributed by atoms with Crippen LogP contribution in [0.3, 0.4) is 0 Å². The second-order valence-electron chi connectivity index (χ2n) is 4.02. The van der Waals surface area contributed by atoms with Crippen molar-refractivity contribution in [1.29, 1.82) is 0 Å². The van der Waals surface area contributed by atoms with Gasteiger partial charge in [-0.15, -0.1) is 12.8 Å². The van der Waals surface area contributed by atoms with Gasteiger partial charge in [-0.05, 0) is 0 Å². The van der Waals surface area contributed by atoms with Gasteiger partial charge in [-0.3, -0.25) is 12.2 Å². The first kappa shape index (κ1) is 18.6. The summed E-state index contributed by atoms with van der Waals surface area (Å²) in [6.07, 6.45) is 17.4. The Bertz CT molecular complexity index is 304. The van der Waals surface area contributed by atoms with Crippen molar-refractivity contribution in [3.63, 3.8) is 0 Å². The van der Waals surface area contributed by atoms with Crippen LogP contribution in [0, 0.1) is 17.6 Å². The van der Waals surface area contributed by atoms with Gasteiger partial charge in [0.2, 0.25) is 0 Å². The maximum absolute atomic E-state index is 3.38. The molecule has 0 fully saturated rings. The van der Waals surface area contributed by atoms with E-state index in [0.29, 0.717) is 0 Å². The van der Waals surface area contributed by atoms with E-state index in [9.17, 15) is 0 Å². The fraction of sp³-hybridized carbons (Fsp3) is 0.385. The van der Waals surface area contributed by atoms with Gasteiger partial charge in [0.15, 0.2) is 0 Å². The smallest absolute Gasteiger partial charge is 1.00 e. The molecule has 3 heteroatoms. The van der Waals surface area contributed by atoms with E-state index in [1.165, 1.54) is 11.1 Å². The first-order valence-electron chi connectivity index (χ1n) is 4.77. The molecule has 0 aliphatic heterocycles. The van der Waals surface area contributed by atoms with Crippen molar-refractivity contribution in [3.05, 3.63) is 47.6 Å². The van der Waals surface area contributed by atoms with Gasteiger partial charge < -0.3 is 24.8 Å². The fourth-order valence-electron chi connectivity index (χ4n) is 1.81. The van der Waals surface area contributed by atoms with Gasteiger partial charge in [0.05, 0.1) is 0 Å². The van der Waals surface area contributed by atoms with Crippen molar-refractivity contribution in [2.24, 2.45) is 5.41 Å². The van der Waals surface area contributed by atoms with Gasteiger partial charge >= 0.3 is 21.7 Å². The Morgan fingerprint density at radius 1 is 0.938 bits per heavy atom. The van der Waals surface area contributed by atoms with Crippen LogP contribution in [0.5, 0.6) is 0 Å². The van der Waals surface area contributed by atoms with E-state index in [1.807, 2.05) is 0 Å². The molecule has 0 saturated carbocycles. The predicted molar refractivity (Wildman–Crippen MR) is 54.8 cm³/mol. The van der Waals surface area contributed by atoms with Gasteiger partial charge in [-0.1, -0.05) is 19.3 Å². The minimum Gasteiger partial charge on any atom is -1.00 e. The van der Waals surface area contributed by atoms with Crippen molar-refractivity contribution in [2.75, 3.05) is 0 Å². The van der Waals surface area contributed by atoms with Gasteiger partial charge in [0.25, 0.3) is 0 Å². The van der Waals surface area contributed by atoms with Crippen molar-refractivity contribution < 1.29 is 46.5 Å². The molecule has 0 nitrogen and oxygen atoms in total. The molecule has 16 heavy (non-hydrogen) atoms. The van der Waals surface area contributed by atoms with Gasteiger partial charge in [0, 0.05) is 0 Å². The summed E-state index contributed by atoms with van der Waals surface area (Å²) in [5.41, 5.74) is 2.71. The van der Waals surface area contributed by atoms with Crippen LogP contribution < -0.4 is 24.8 Å². The summed E-state index contributed by atoms with van der Waals surface area (Å²) in [5, 5.41) is 0. The Labute approximate surface area is 126 Å². The molecule has 0 heterocycles. The van der Waals surface area contributed by atoms with Crippen molar-refractivity contribution >= 4 is 0 Å². The zero-order valence-corrected chi connectivity index (χ0v) is 12.6. The van der Waals surface area contributed by atoms with Crippen LogP contribution in [0.4, 0.5) is 0 Å². The van der Waals surface area contributed by atoms with Crippen LogP contribution in [0.25, 0.3) is 0 Å². The molecule has 2 aliphatic rings. The Morgan fingerprint density at radius 3 is 1.56 bits per heavy atom. The number of allylic oxidation sites excluding steroid dienone is 8. The van der Waals surface area contributed by atoms with E-state index in [2.05, 4.69) is 50.3 Å². The Balaban J connectivity index is 0. The third kappa shape index (κ3) is 3.63. The molecule has 0 N–H and O–H groups in total. The summed E-state index contributed by atoms with van der Waals surface area (Å²) in [5.74, 6) is 0. The molecule has 0 aromatic rings. The Morgan fingerprint density at radius 2 is 1.31 bits per heavy atom. The molecule has 0 atom stereocenters. The van der Waals surface area contributed by atoms with Crippen LogP contribution in [-0.2, 0) is 21.7 Å². The molecule has 0 amide bonds. The van der Waals surface area contributed by atoms with Crippen LogP contribution >= 0.6 is 0 Å². The summed E-state index contributed by atoms with van der Waals surface area (Å²) in [7, 11) is 0. The van der Waals surface area contributed by atoms with Crippen LogP contribution in [0.1, 0.15) is 26.7 Å². The predicted octanol–water partition coefficient (Wildman–Crippen LogP) is -2.60. The first-order valence-corrected chi connectivity index (χ1v) is 4.77. The third-order valence-corrected chi connectivity index (χ3v) is 2.74. The van der Waals surface area contributed by atoms with E-state index < -0.39 is 0 Å². The Hall–Kier alpha value is 0.254. The minimum absolute atomic E-state index is 0. The minimum atomic E-state index is 0. The van der Waals surface area contributed by atoms with E-state index in [4.69, 9.17) is 0 Å². The van der Waals surface area contributed by atoms with E-state index in [-0.39, 0.29) is 51.9 Å². The fourth-order valence-corrected chi connectivity index (χ4v) is 1.81. The second-order valence-corrected chi connectivity index (χ2v) is 4.02. The van der Waals surface area contributed by atoms with Gasteiger partial charge in [0.1, 0.15) is 0 Å². The molecule has 0 aromatic carbocycles. The second kappa shape index (κ2) is 7.56. The van der Waals surface area contributed by atoms with E-state index in [0.717, 1.165) is 12.8 Å². The van der Waals surface area contributed by atoms with Crippen LogP contribution in [0.15, 0.2) is 35.5 Å². The molecular weight excluding hydrogens is 275 g/mol. The zero-order chi connectivity index (χ0) is 9.31. The van der Waals surface area contributed by atoms with Gasteiger partial charge in [-0.25, -0.2) is 23.3 Å². The van der Waals surface area contributed by atoms with Crippen molar-refractivity contribution in [3.8, 4) is 0 Å². The molecule has 0 saturated heterocycles. The van der Waals surface area contributed by atoms with Crippen LogP contribution in [0.2, 0.25) is 0 Å². The van der Waals surface area contributed by atoms with E-state index >= 15 is 0 Å². The molecule has 0 spiro atoms. The average Bonchev–Trinajstić information content (AvgIpc) is 2.78. The SMILES string of the molecule is CC(C)(C1=[C-]CC=C1)C1=[C-]CC=C1.[Cl-].[Cl-].[Ti+4]. The number of hydrogen-bond acceptors (Lipinski definition) is 0.